The Balaban J connectivity index is 2.19. The van der Waals surface area contributed by atoms with Crippen LogP contribution in [0.2, 0.25) is 0 Å². The minimum atomic E-state index is -0.524. The molecule has 0 aromatic heterocycles. The Labute approximate surface area is 123 Å². The number of rotatable bonds is 7. The zero-order valence-electron chi connectivity index (χ0n) is 11.8. The molecule has 2 aromatic carbocycles. The zero-order valence-corrected chi connectivity index (χ0v) is 11.8. The van der Waals surface area contributed by atoms with Crippen LogP contribution in [0.3, 0.4) is 0 Å². The van der Waals surface area contributed by atoms with Gasteiger partial charge in [-0.25, -0.2) is 0 Å². The molecule has 0 aliphatic heterocycles. The Bertz CT molecular complexity index is 570. The SMILES string of the molecule is COc1ccc(C(NOCC(N)=O)c2ccccc2)cc1. The predicted octanol–water partition coefficient (Wildman–Crippen LogP) is 1.79. The molecule has 0 saturated carbocycles. The molecule has 1 amide bonds. The second kappa shape index (κ2) is 7.42. The lowest BCUT2D eigenvalue weighted by atomic mass is 9.99. The molecule has 21 heavy (non-hydrogen) atoms. The Morgan fingerprint density at radius 3 is 2.29 bits per heavy atom. The number of nitrogens with two attached hydrogens (primary N) is 1. The lowest BCUT2D eigenvalue weighted by Gasteiger charge is -2.19. The molecule has 5 heteroatoms. The van der Waals surface area contributed by atoms with Gasteiger partial charge in [0.05, 0.1) is 13.2 Å². The van der Waals surface area contributed by atoms with Crippen molar-refractivity contribution in [2.75, 3.05) is 13.7 Å². The standard InChI is InChI=1S/C16H18N2O3/c1-20-14-9-7-13(8-10-14)16(18-21-11-15(17)19)12-5-3-2-4-6-12/h2-10,16,18H,11H2,1H3,(H2,17,19). The first-order valence-corrected chi connectivity index (χ1v) is 6.55. The normalized spacial score (nSPS) is 11.9. The molecule has 110 valence electrons. The van der Waals surface area contributed by atoms with Crippen LogP contribution in [-0.4, -0.2) is 19.6 Å². The van der Waals surface area contributed by atoms with Gasteiger partial charge in [-0.15, -0.1) is 0 Å². The van der Waals surface area contributed by atoms with Gasteiger partial charge in [-0.1, -0.05) is 42.5 Å². The van der Waals surface area contributed by atoms with E-state index in [-0.39, 0.29) is 12.6 Å². The van der Waals surface area contributed by atoms with Crippen LogP contribution in [0.1, 0.15) is 17.2 Å². The summed E-state index contributed by atoms with van der Waals surface area (Å²) in [7, 11) is 1.62. The van der Waals surface area contributed by atoms with Crippen LogP contribution in [0, 0.1) is 0 Å². The summed E-state index contributed by atoms with van der Waals surface area (Å²) >= 11 is 0. The molecule has 0 aliphatic carbocycles. The molecule has 0 fully saturated rings. The van der Waals surface area contributed by atoms with Crippen molar-refractivity contribution in [2.24, 2.45) is 5.73 Å². The summed E-state index contributed by atoms with van der Waals surface area (Å²) in [5.74, 6) is 0.257. The van der Waals surface area contributed by atoms with Gasteiger partial charge >= 0.3 is 0 Å². The molecular weight excluding hydrogens is 268 g/mol. The van der Waals surface area contributed by atoms with E-state index in [2.05, 4.69) is 5.48 Å². The number of hydrogen-bond donors (Lipinski definition) is 2. The van der Waals surface area contributed by atoms with E-state index < -0.39 is 5.91 Å². The maximum absolute atomic E-state index is 10.8. The number of nitrogens with one attached hydrogen (secondary N) is 1. The lowest BCUT2D eigenvalue weighted by molar-refractivity contribution is -0.125. The summed E-state index contributed by atoms with van der Waals surface area (Å²) in [5, 5.41) is 0. The number of methoxy groups -OCH3 is 1. The minimum absolute atomic E-state index is 0.181. The molecule has 2 aromatic rings. The van der Waals surface area contributed by atoms with Crippen LogP contribution in [0.25, 0.3) is 0 Å². The average Bonchev–Trinajstić information content (AvgIpc) is 2.52. The quantitative estimate of drug-likeness (QED) is 0.761. The molecule has 0 spiro atoms. The summed E-state index contributed by atoms with van der Waals surface area (Å²) in [5.41, 5.74) is 9.97. The van der Waals surface area contributed by atoms with Crippen LogP contribution in [0.5, 0.6) is 5.75 Å². The second-order valence-electron chi connectivity index (χ2n) is 4.49. The van der Waals surface area contributed by atoms with Gasteiger partial charge in [0, 0.05) is 0 Å². The fourth-order valence-electron chi connectivity index (χ4n) is 1.97. The molecule has 0 saturated heterocycles. The van der Waals surface area contributed by atoms with E-state index in [4.69, 9.17) is 15.3 Å². The fourth-order valence-corrected chi connectivity index (χ4v) is 1.97. The topological polar surface area (TPSA) is 73.6 Å². The average molecular weight is 286 g/mol. The first-order chi connectivity index (χ1) is 10.2. The van der Waals surface area contributed by atoms with Crippen molar-refractivity contribution in [2.45, 2.75) is 6.04 Å². The third kappa shape index (κ3) is 4.30. The molecule has 2 rings (SSSR count). The number of amides is 1. The number of carbonyl (C=O) groups is 1. The fraction of sp³-hybridized carbons (Fsp3) is 0.188. The lowest BCUT2D eigenvalue weighted by Crippen LogP contribution is -2.28. The van der Waals surface area contributed by atoms with Gasteiger partial charge in [-0.05, 0) is 23.3 Å². The van der Waals surface area contributed by atoms with E-state index >= 15 is 0 Å². The highest BCUT2D eigenvalue weighted by Gasteiger charge is 2.14. The third-order valence-corrected chi connectivity index (χ3v) is 3.00. The van der Waals surface area contributed by atoms with Gasteiger partial charge in [-0.2, -0.15) is 5.48 Å². The minimum Gasteiger partial charge on any atom is -0.497 e. The summed E-state index contributed by atoms with van der Waals surface area (Å²) in [4.78, 5) is 15.9. The van der Waals surface area contributed by atoms with Gasteiger partial charge in [0.15, 0.2) is 0 Å². The highest BCUT2D eigenvalue weighted by molar-refractivity contribution is 5.74. The summed E-state index contributed by atoms with van der Waals surface area (Å²) in [6.45, 7) is -0.181. The van der Waals surface area contributed by atoms with Gasteiger partial charge in [0.2, 0.25) is 5.91 Å². The molecule has 5 nitrogen and oxygen atoms in total. The molecule has 1 atom stereocenters. The maximum atomic E-state index is 10.8. The highest BCUT2D eigenvalue weighted by Crippen LogP contribution is 2.24. The Hall–Kier alpha value is -2.37. The highest BCUT2D eigenvalue weighted by atomic mass is 16.6. The van der Waals surface area contributed by atoms with E-state index in [1.54, 1.807) is 7.11 Å². The molecule has 0 heterocycles. The Kier molecular flexibility index (Phi) is 5.31. The van der Waals surface area contributed by atoms with Crippen molar-refractivity contribution in [1.82, 2.24) is 5.48 Å². The smallest absolute Gasteiger partial charge is 0.245 e. The molecule has 0 bridgehead atoms. The molecular formula is C16H18N2O3. The molecule has 3 N–H and O–H groups in total. The number of primary amides is 1. The van der Waals surface area contributed by atoms with Gasteiger partial charge in [0.1, 0.15) is 12.4 Å². The second-order valence-corrected chi connectivity index (χ2v) is 4.49. The first-order valence-electron chi connectivity index (χ1n) is 6.55. The van der Waals surface area contributed by atoms with Gasteiger partial charge in [0.25, 0.3) is 0 Å². The monoisotopic (exact) mass is 286 g/mol. The summed E-state index contributed by atoms with van der Waals surface area (Å²) < 4.78 is 5.15. The van der Waals surface area contributed by atoms with Gasteiger partial charge < -0.3 is 10.5 Å². The Morgan fingerprint density at radius 2 is 1.71 bits per heavy atom. The van der Waals surface area contributed by atoms with Crippen molar-refractivity contribution in [3.8, 4) is 5.75 Å². The first kappa shape index (κ1) is 15.0. The number of hydroxylamine groups is 1. The van der Waals surface area contributed by atoms with E-state index in [1.165, 1.54) is 0 Å². The largest absolute Gasteiger partial charge is 0.497 e. The summed E-state index contributed by atoms with van der Waals surface area (Å²) in [6, 6.07) is 17.2. The number of carbonyl (C=O) groups excluding carboxylic acids is 1. The van der Waals surface area contributed by atoms with Crippen molar-refractivity contribution in [3.05, 3.63) is 65.7 Å². The Morgan fingerprint density at radius 1 is 1.10 bits per heavy atom. The number of ether oxygens (including phenoxy) is 1. The van der Waals surface area contributed by atoms with Crippen molar-refractivity contribution in [3.63, 3.8) is 0 Å². The van der Waals surface area contributed by atoms with E-state index in [1.807, 2.05) is 54.6 Å². The van der Waals surface area contributed by atoms with Crippen LogP contribution in [-0.2, 0) is 9.63 Å². The van der Waals surface area contributed by atoms with Crippen molar-refractivity contribution < 1.29 is 14.4 Å². The number of benzene rings is 2. The maximum Gasteiger partial charge on any atom is 0.245 e. The van der Waals surface area contributed by atoms with Gasteiger partial charge in [-0.3, -0.25) is 9.63 Å². The molecule has 0 aliphatic rings. The van der Waals surface area contributed by atoms with E-state index in [0.29, 0.717) is 0 Å². The summed E-state index contributed by atoms with van der Waals surface area (Å²) in [6.07, 6.45) is 0. The third-order valence-electron chi connectivity index (χ3n) is 3.00. The van der Waals surface area contributed by atoms with Crippen LogP contribution >= 0.6 is 0 Å². The van der Waals surface area contributed by atoms with E-state index in [0.717, 1.165) is 16.9 Å². The van der Waals surface area contributed by atoms with Crippen molar-refractivity contribution >= 4 is 5.91 Å². The zero-order chi connectivity index (χ0) is 15.1. The van der Waals surface area contributed by atoms with Crippen LogP contribution < -0.4 is 16.0 Å². The van der Waals surface area contributed by atoms with Crippen LogP contribution in [0.4, 0.5) is 0 Å². The van der Waals surface area contributed by atoms with E-state index in [9.17, 15) is 4.79 Å². The molecule has 1 unspecified atom stereocenters. The van der Waals surface area contributed by atoms with Crippen LogP contribution in [0.15, 0.2) is 54.6 Å². The molecule has 0 radical (unpaired) electrons. The predicted molar refractivity (Wildman–Crippen MR) is 79.6 cm³/mol. The number of hydrogen-bond acceptors (Lipinski definition) is 4. The van der Waals surface area contributed by atoms with Crippen molar-refractivity contribution in [1.29, 1.82) is 0 Å².